The number of benzene rings is 1. The van der Waals surface area contributed by atoms with Gasteiger partial charge in [-0.15, -0.1) is 0 Å². The normalized spacial score (nSPS) is 10.1. The predicted octanol–water partition coefficient (Wildman–Crippen LogP) is 1.16. The summed E-state index contributed by atoms with van der Waals surface area (Å²) in [6.45, 7) is 0.302. The number of aromatic nitrogens is 2. The molecule has 104 valence electrons. The molecular formula is C13H14N4O3. The number of carbonyl (C=O) groups is 1. The van der Waals surface area contributed by atoms with Gasteiger partial charge in [0.2, 0.25) is 0 Å². The fourth-order valence-corrected chi connectivity index (χ4v) is 1.59. The lowest BCUT2D eigenvalue weighted by atomic mass is 10.2. The molecule has 4 N–H and O–H groups in total. The molecule has 20 heavy (non-hydrogen) atoms. The van der Waals surface area contributed by atoms with E-state index in [2.05, 4.69) is 20.0 Å². The lowest BCUT2D eigenvalue weighted by Gasteiger charge is -2.08. The second-order valence-corrected chi connectivity index (χ2v) is 4.02. The summed E-state index contributed by atoms with van der Waals surface area (Å²) in [6, 6.07) is 4.78. The molecule has 7 nitrogen and oxygen atoms in total. The Kier molecular flexibility index (Phi) is 3.99. The summed E-state index contributed by atoms with van der Waals surface area (Å²) in [6.07, 6.45) is 2.78. The first-order valence-electron chi connectivity index (χ1n) is 5.81. The first kappa shape index (κ1) is 13.6. The van der Waals surface area contributed by atoms with Crippen molar-refractivity contribution in [2.45, 2.75) is 6.54 Å². The zero-order valence-electron chi connectivity index (χ0n) is 10.8. The molecule has 0 spiro atoms. The number of ether oxygens (including phenoxy) is 1. The Morgan fingerprint density at radius 1 is 1.45 bits per heavy atom. The zero-order chi connectivity index (χ0) is 14.5. The van der Waals surface area contributed by atoms with Crippen LogP contribution in [0.1, 0.15) is 16.1 Å². The van der Waals surface area contributed by atoms with Crippen molar-refractivity contribution < 1.29 is 14.6 Å². The molecular weight excluding hydrogens is 260 g/mol. The fraction of sp³-hybridized carbons (Fsp3) is 0.154. The number of phenols is 1. The second-order valence-electron chi connectivity index (χ2n) is 4.02. The maximum absolute atomic E-state index is 11.3. The van der Waals surface area contributed by atoms with Gasteiger partial charge in [0.1, 0.15) is 11.6 Å². The van der Waals surface area contributed by atoms with Crippen LogP contribution in [0.5, 0.6) is 5.75 Å². The van der Waals surface area contributed by atoms with Crippen LogP contribution < -0.4 is 11.1 Å². The Morgan fingerprint density at radius 3 is 3.00 bits per heavy atom. The van der Waals surface area contributed by atoms with E-state index in [1.807, 2.05) is 0 Å². The van der Waals surface area contributed by atoms with Crippen molar-refractivity contribution in [3.05, 3.63) is 41.9 Å². The SMILES string of the molecule is COC(=O)c1cncc(NCc2cc(N)ccc2O)n1. The van der Waals surface area contributed by atoms with Crippen molar-refractivity contribution in [3.8, 4) is 5.75 Å². The van der Waals surface area contributed by atoms with Gasteiger partial charge in [0.05, 0.1) is 19.5 Å². The molecule has 2 rings (SSSR count). The molecule has 0 saturated heterocycles. The third-order valence-electron chi connectivity index (χ3n) is 2.59. The summed E-state index contributed by atoms with van der Waals surface area (Å²) in [5.74, 6) is -0.0357. The third-order valence-corrected chi connectivity index (χ3v) is 2.59. The van der Waals surface area contributed by atoms with Crippen molar-refractivity contribution in [1.29, 1.82) is 0 Å². The maximum atomic E-state index is 11.3. The molecule has 1 aromatic heterocycles. The zero-order valence-corrected chi connectivity index (χ0v) is 10.8. The first-order chi connectivity index (χ1) is 9.60. The molecule has 0 aliphatic heterocycles. The van der Waals surface area contributed by atoms with Gasteiger partial charge in [-0.1, -0.05) is 0 Å². The average molecular weight is 274 g/mol. The molecule has 2 aromatic rings. The average Bonchev–Trinajstić information content (AvgIpc) is 2.47. The van der Waals surface area contributed by atoms with Gasteiger partial charge in [0.15, 0.2) is 5.69 Å². The summed E-state index contributed by atoms with van der Waals surface area (Å²) in [5.41, 5.74) is 6.93. The van der Waals surface area contributed by atoms with Gasteiger partial charge in [-0.3, -0.25) is 4.98 Å². The number of nitrogens with zero attached hydrogens (tertiary/aromatic N) is 2. The van der Waals surface area contributed by atoms with Gasteiger partial charge in [-0.05, 0) is 18.2 Å². The number of phenolic OH excluding ortho intramolecular Hbond substituents is 1. The number of aromatic hydroxyl groups is 1. The van der Waals surface area contributed by atoms with E-state index in [-0.39, 0.29) is 11.4 Å². The molecule has 0 bridgehead atoms. The first-order valence-corrected chi connectivity index (χ1v) is 5.81. The summed E-state index contributed by atoms with van der Waals surface area (Å²) in [7, 11) is 1.27. The minimum absolute atomic E-state index is 0.106. The Hall–Kier alpha value is -2.83. The summed E-state index contributed by atoms with van der Waals surface area (Å²) < 4.78 is 4.56. The topological polar surface area (TPSA) is 110 Å². The van der Waals surface area contributed by atoms with Gasteiger partial charge in [-0.25, -0.2) is 9.78 Å². The molecule has 0 unspecified atom stereocenters. The summed E-state index contributed by atoms with van der Waals surface area (Å²) in [5, 5.41) is 12.6. The minimum Gasteiger partial charge on any atom is -0.508 e. The van der Waals surface area contributed by atoms with Crippen molar-refractivity contribution in [2.24, 2.45) is 0 Å². The van der Waals surface area contributed by atoms with Crippen LogP contribution >= 0.6 is 0 Å². The molecule has 0 fully saturated rings. The number of nitrogen functional groups attached to an aromatic ring is 1. The molecule has 0 radical (unpaired) electrons. The summed E-state index contributed by atoms with van der Waals surface area (Å²) >= 11 is 0. The lowest BCUT2D eigenvalue weighted by molar-refractivity contribution is 0.0593. The highest BCUT2D eigenvalue weighted by Crippen LogP contribution is 2.20. The van der Waals surface area contributed by atoms with Crippen molar-refractivity contribution in [2.75, 3.05) is 18.2 Å². The molecule has 0 atom stereocenters. The van der Waals surface area contributed by atoms with Crippen molar-refractivity contribution >= 4 is 17.5 Å². The summed E-state index contributed by atoms with van der Waals surface area (Å²) in [4.78, 5) is 19.3. The number of carbonyl (C=O) groups excluding carboxylic acids is 1. The molecule has 1 aromatic carbocycles. The van der Waals surface area contributed by atoms with Crippen LogP contribution in [-0.4, -0.2) is 28.2 Å². The van der Waals surface area contributed by atoms with Gasteiger partial charge in [0.25, 0.3) is 0 Å². The van der Waals surface area contributed by atoms with Gasteiger partial charge in [0, 0.05) is 17.8 Å². The molecule has 7 heteroatoms. The van der Waals surface area contributed by atoms with E-state index < -0.39 is 5.97 Å². The third kappa shape index (κ3) is 3.14. The Labute approximate surface area is 115 Å². The highest BCUT2D eigenvalue weighted by molar-refractivity contribution is 5.87. The van der Waals surface area contributed by atoms with E-state index in [4.69, 9.17) is 5.73 Å². The van der Waals surface area contributed by atoms with E-state index in [0.717, 1.165) is 0 Å². The Balaban J connectivity index is 2.11. The van der Waals surface area contributed by atoms with Gasteiger partial charge < -0.3 is 20.9 Å². The van der Waals surface area contributed by atoms with E-state index in [1.165, 1.54) is 25.6 Å². The van der Waals surface area contributed by atoms with Crippen LogP contribution in [0.15, 0.2) is 30.6 Å². The number of anilines is 2. The van der Waals surface area contributed by atoms with Crippen molar-refractivity contribution in [1.82, 2.24) is 9.97 Å². The molecule has 1 heterocycles. The molecule has 0 saturated carbocycles. The predicted molar refractivity (Wildman–Crippen MR) is 73.2 cm³/mol. The number of esters is 1. The van der Waals surface area contributed by atoms with Gasteiger partial charge >= 0.3 is 5.97 Å². The van der Waals surface area contributed by atoms with Crippen LogP contribution in [0.2, 0.25) is 0 Å². The highest BCUT2D eigenvalue weighted by Gasteiger charge is 2.09. The smallest absolute Gasteiger partial charge is 0.358 e. The highest BCUT2D eigenvalue weighted by atomic mass is 16.5. The molecule has 0 aliphatic carbocycles. The number of nitrogens with two attached hydrogens (primary N) is 1. The largest absolute Gasteiger partial charge is 0.508 e. The van der Waals surface area contributed by atoms with E-state index in [1.54, 1.807) is 12.1 Å². The Bertz CT molecular complexity index is 631. The van der Waals surface area contributed by atoms with Crippen LogP contribution in [0.3, 0.4) is 0 Å². The van der Waals surface area contributed by atoms with Crippen LogP contribution in [0.25, 0.3) is 0 Å². The monoisotopic (exact) mass is 274 g/mol. The lowest BCUT2D eigenvalue weighted by Crippen LogP contribution is -2.08. The van der Waals surface area contributed by atoms with Crippen LogP contribution in [0, 0.1) is 0 Å². The van der Waals surface area contributed by atoms with Gasteiger partial charge in [-0.2, -0.15) is 0 Å². The number of hydrogen-bond acceptors (Lipinski definition) is 7. The number of hydrogen-bond donors (Lipinski definition) is 3. The molecule has 0 aliphatic rings. The van der Waals surface area contributed by atoms with Crippen molar-refractivity contribution in [3.63, 3.8) is 0 Å². The second kappa shape index (κ2) is 5.87. The number of methoxy groups -OCH3 is 1. The number of rotatable bonds is 4. The maximum Gasteiger partial charge on any atom is 0.358 e. The number of nitrogens with one attached hydrogen (secondary N) is 1. The quantitative estimate of drug-likeness (QED) is 0.436. The van der Waals surface area contributed by atoms with E-state index in [0.29, 0.717) is 23.6 Å². The standard InChI is InChI=1S/C13H14N4O3/c1-20-13(19)10-6-15-7-12(17-10)16-5-8-4-9(14)2-3-11(8)18/h2-4,6-7,18H,5,14H2,1H3,(H,16,17). The van der Waals surface area contributed by atoms with E-state index in [9.17, 15) is 9.90 Å². The Morgan fingerprint density at radius 2 is 2.25 bits per heavy atom. The molecule has 0 amide bonds. The van der Waals surface area contributed by atoms with E-state index >= 15 is 0 Å². The minimum atomic E-state index is -0.562. The van der Waals surface area contributed by atoms with Crippen LogP contribution in [0.4, 0.5) is 11.5 Å². The van der Waals surface area contributed by atoms with Crippen LogP contribution in [-0.2, 0) is 11.3 Å². The fourth-order valence-electron chi connectivity index (χ4n) is 1.59.